The predicted molar refractivity (Wildman–Crippen MR) is 185 cm³/mol. The molecule has 49 heavy (non-hydrogen) atoms. The smallest absolute Gasteiger partial charge is 0.319 e. The molecular weight excluding hydrogens is 629 g/mol. The van der Waals surface area contributed by atoms with Crippen LogP contribution in [0, 0.1) is 17.6 Å². The molecule has 5 heterocycles. The minimum absolute atomic E-state index is 0.00317. The van der Waals surface area contributed by atoms with E-state index in [1.54, 1.807) is 12.1 Å². The highest BCUT2D eigenvalue weighted by Gasteiger charge is 2.49. The number of rotatable bonds is 9. The van der Waals surface area contributed by atoms with Gasteiger partial charge in [-0.15, -0.1) is 0 Å². The molecule has 2 saturated heterocycles. The first-order chi connectivity index (χ1) is 23.6. The van der Waals surface area contributed by atoms with Crippen LogP contribution in [0.4, 0.5) is 19.0 Å². The summed E-state index contributed by atoms with van der Waals surface area (Å²) < 4.78 is 53.4. The highest BCUT2D eigenvalue weighted by atomic mass is 19.1. The molecule has 0 unspecified atom stereocenters. The van der Waals surface area contributed by atoms with Crippen LogP contribution >= 0.6 is 0 Å². The fraction of sp³-hybridized carbons (Fsp3) is 0.553. The van der Waals surface area contributed by atoms with Crippen LogP contribution in [0.5, 0.6) is 11.8 Å². The van der Waals surface area contributed by atoms with Gasteiger partial charge < -0.3 is 20.5 Å². The monoisotopic (exact) mass is 674 g/mol. The van der Waals surface area contributed by atoms with Crippen molar-refractivity contribution in [2.24, 2.45) is 5.92 Å². The fourth-order valence-corrected chi connectivity index (χ4v) is 8.88. The topological polar surface area (TPSA) is 95.4 Å². The third-order valence-electron chi connectivity index (χ3n) is 11.8. The number of ether oxygens (including phenoxy) is 1. The minimum Gasteiger partial charge on any atom is -0.508 e. The number of halogens is 3. The van der Waals surface area contributed by atoms with Crippen molar-refractivity contribution < 1.29 is 23.0 Å². The molecule has 0 bridgehead atoms. The number of nitrogens with zero attached hydrogens (tertiary/aromatic N) is 4. The van der Waals surface area contributed by atoms with Crippen LogP contribution in [-0.2, 0) is 6.42 Å². The number of aromatic hydroxyl groups is 1. The third-order valence-corrected chi connectivity index (χ3v) is 11.8. The van der Waals surface area contributed by atoms with Gasteiger partial charge in [-0.25, -0.2) is 18.2 Å². The molecule has 1 aliphatic carbocycles. The molecule has 8 rings (SSSR count). The van der Waals surface area contributed by atoms with E-state index >= 15 is 8.78 Å². The lowest BCUT2D eigenvalue weighted by atomic mass is 9.82. The summed E-state index contributed by atoms with van der Waals surface area (Å²) in [6.45, 7) is 9.73. The molecule has 0 radical (unpaired) electrons. The van der Waals surface area contributed by atoms with Gasteiger partial charge in [0.1, 0.15) is 41.4 Å². The number of hydrogen-bond donors (Lipinski definition) is 3. The second-order valence-electron chi connectivity index (χ2n) is 14.8. The Morgan fingerprint density at radius 2 is 1.94 bits per heavy atom. The summed E-state index contributed by atoms with van der Waals surface area (Å²) in [6, 6.07) is 6.58. The maximum absolute atomic E-state index is 17.2. The molecule has 3 aliphatic heterocycles. The molecule has 4 aliphatic rings. The zero-order chi connectivity index (χ0) is 34.2. The number of nitrogens with one attached hydrogen (secondary N) is 2. The molecule has 11 heteroatoms. The van der Waals surface area contributed by atoms with E-state index in [0.717, 1.165) is 38.6 Å². The first-order valence-corrected chi connectivity index (χ1v) is 18.0. The number of aromatic nitrogens is 3. The Labute approximate surface area is 284 Å². The Bertz CT molecular complexity index is 1940. The van der Waals surface area contributed by atoms with Crippen molar-refractivity contribution in [1.82, 2.24) is 25.2 Å². The van der Waals surface area contributed by atoms with Gasteiger partial charge in [-0.2, -0.15) is 9.97 Å². The van der Waals surface area contributed by atoms with Crippen LogP contribution in [0.25, 0.3) is 32.9 Å². The normalized spacial score (nSPS) is 27.3. The predicted octanol–water partition coefficient (Wildman–Crippen LogP) is 7.41. The molecule has 6 atom stereocenters. The Kier molecular flexibility index (Phi) is 8.13. The van der Waals surface area contributed by atoms with Crippen LogP contribution in [0.3, 0.4) is 0 Å². The second kappa shape index (κ2) is 12.3. The van der Waals surface area contributed by atoms with Crippen LogP contribution in [0.1, 0.15) is 83.4 Å². The van der Waals surface area contributed by atoms with Gasteiger partial charge in [0.2, 0.25) is 0 Å². The van der Waals surface area contributed by atoms with Gasteiger partial charge in [-0.1, -0.05) is 33.8 Å². The zero-order valence-corrected chi connectivity index (χ0v) is 28.6. The summed E-state index contributed by atoms with van der Waals surface area (Å²) in [5.74, 6) is -0.783. The molecule has 2 aromatic heterocycles. The van der Waals surface area contributed by atoms with Crippen molar-refractivity contribution in [3.63, 3.8) is 0 Å². The first-order valence-electron chi connectivity index (χ1n) is 18.0. The van der Waals surface area contributed by atoms with Gasteiger partial charge in [0.15, 0.2) is 5.82 Å². The molecule has 260 valence electrons. The Balaban J connectivity index is 1.32. The van der Waals surface area contributed by atoms with Gasteiger partial charge in [0.05, 0.1) is 16.6 Å². The lowest BCUT2D eigenvalue weighted by molar-refractivity contribution is 0.107. The minimum atomic E-state index is -0.912. The number of hydrogen-bond acceptors (Lipinski definition) is 8. The van der Waals surface area contributed by atoms with Gasteiger partial charge in [-0.3, -0.25) is 4.90 Å². The molecule has 1 saturated carbocycles. The van der Waals surface area contributed by atoms with Gasteiger partial charge >= 0.3 is 6.01 Å². The average Bonchev–Trinajstić information content (AvgIpc) is 3.76. The van der Waals surface area contributed by atoms with Crippen LogP contribution in [-0.4, -0.2) is 74.5 Å². The van der Waals surface area contributed by atoms with E-state index in [1.807, 2.05) is 6.92 Å². The Morgan fingerprint density at radius 3 is 2.69 bits per heavy atom. The third kappa shape index (κ3) is 5.48. The zero-order valence-electron chi connectivity index (χ0n) is 28.6. The molecule has 3 fully saturated rings. The number of pyridine rings is 1. The van der Waals surface area contributed by atoms with E-state index in [1.165, 1.54) is 12.1 Å². The largest absolute Gasteiger partial charge is 0.508 e. The number of anilines is 1. The summed E-state index contributed by atoms with van der Waals surface area (Å²) in [4.78, 5) is 16.8. The van der Waals surface area contributed by atoms with E-state index in [9.17, 15) is 9.50 Å². The number of alkyl halides is 1. The maximum atomic E-state index is 17.2. The number of phenolic OH excluding ortho intramolecular Hbond substituents is 1. The van der Waals surface area contributed by atoms with E-state index in [-0.39, 0.29) is 53.5 Å². The number of fused-ring (bicyclic) bond motifs is 2. The molecule has 0 spiro atoms. The van der Waals surface area contributed by atoms with Gasteiger partial charge in [0, 0.05) is 42.6 Å². The van der Waals surface area contributed by atoms with Crippen molar-refractivity contribution in [1.29, 1.82) is 0 Å². The quantitative estimate of drug-likeness (QED) is 0.169. The standard InChI is InChI=1S/C38H45F3N6O2/c1-5-25-27(40)11-8-21-14-24(48)15-26(29(21)25)34-31(41)35-30-33(43-34)20(4)19(3)32(28(6-2)42-23-9-10-23)44-36(30)46-37(45-35)49-18-38-12-7-13-47(38)17-22(39)16-38/h8,11,14-15,19-20,22-23,28,32,42,48H,5-7,9-10,12-13,16-18H2,1-4H3,(H,44,45,46)/t19-,20+,22+,28-,32+,38-/m0/s1. The summed E-state index contributed by atoms with van der Waals surface area (Å²) in [5, 5.41) is 19.9. The second-order valence-corrected chi connectivity index (χ2v) is 14.8. The van der Waals surface area contributed by atoms with E-state index < -0.39 is 23.3 Å². The van der Waals surface area contributed by atoms with Crippen molar-refractivity contribution >= 4 is 27.5 Å². The molecule has 0 amide bonds. The SMILES string of the molecule is CCc1c(F)ccc2cc(O)cc(-c3nc4c5c(nc(OC[C@@]67CCCN6C[C@H](F)C7)nc5c3F)N[C@@H]([C@H](CC)NC3CC3)[C@@H](C)[C@H]4C)c12. The summed E-state index contributed by atoms with van der Waals surface area (Å²) >= 11 is 0. The van der Waals surface area contributed by atoms with E-state index in [0.29, 0.717) is 64.2 Å². The molecule has 8 nitrogen and oxygen atoms in total. The maximum Gasteiger partial charge on any atom is 0.319 e. The summed E-state index contributed by atoms with van der Waals surface area (Å²) in [7, 11) is 0. The highest BCUT2D eigenvalue weighted by Crippen LogP contribution is 2.45. The molecule has 2 aromatic carbocycles. The van der Waals surface area contributed by atoms with Crippen molar-refractivity contribution in [2.45, 2.75) is 108 Å². The molecule has 4 aromatic rings. The van der Waals surface area contributed by atoms with Crippen molar-refractivity contribution in [3.8, 4) is 23.0 Å². The van der Waals surface area contributed by atoms with E-state index in [2.05, 4.69) is 36.3 Å². The highest BCUT2D eigenvalue weighted by molar-refractivity contribution is 6.02. The Morgan fingerprint density at radius 1 is 1.12 bits per heavy atom. The summed E-state index contributed by atoms with van der Waals surface area (Å²) in [5.41, 5.74) is 0.990. The first kappa shape index (κ1) is 32.5. The van der Waals surface area contributed by atoms with Crippen LogP contribution < -0.4 is 15.4 Å². The summed E-state index contributed by atoms with van der Waals surface area (Å²) in [6.07, 6.45) is 4.82. The number of phenols is 1. The van der Waals surface area contributed by atoms with Gasteiger partial charge in [-0.05, 0) is 85.5 Å². The van der Waals surface area contributed by atoms with Crippen molar-refractivity contribution in [3.05, 3.63) is 47.2 Å². The lowest BCUT2D eigenvalue weighted by Gasteiger charge is -2.34. The van der Waals surface area contributed by atoms with E-state index in [4.69, 9.17) is 19.7 Å². The van der Waals surface area contributed by atoms with Gasteiger partial charge in [0.25, 0.3) is 0 Å². The lowest BCUT2D eigenvalue weighted by Crippen LogP contribution is -2.49. The van der Waals surface area contributed by atoms with Crippen molar-refractivity contribution in [2.75, 3.05) is 25.0 Å². The fourth-order valence-electron chi connectivity index (χ4n) is 8.88. The average molecular weight is 675 g/mol. The molecular formula is C38H45F3N6O2. The number of aryl methyl sites for hydroxylation is 1. The number of benzene rings is 2. The Hall–Kier alpha value is -3.70. The molecule has 3 N–H and O–H groups in total. The van der Waals surface area contributed by atoms with Crippen LogP contribution in [0.2, 0.25) is 0 Å². The van der Waals surface area contributed by atoms with Crippen LogP contribution in [0.15, 0.2) is 24.3 Å².